The van der Waals surface area contributed by atoms with E-state index in [0.717, 1.165) is 16.2 Å². The molecule has 0 aromatic carbocycles. The zero-order valence-electron chi connectivity index (χ0n) is 15.2. The predicted octanol–water partition coefficient (Wildman–Crippen LogP) is 1.17. The van der Waals surface area contributed by atoms with Crippen molar-refractivity contribution in [2.24, 2.45) is 0 Å². The van der Waals surface area contributed by atoms with Gasteiger partial charge in [-0.25, -0.2) is 9.78 Å². The van der Waals surface area contributed by atoms with Crippen LogP contribution in [0.3, 0.4) is 0 Å². The number of hydrogen-bond donors (Lipinski definition) is 3. The van der Waals surface area contributed by atoms with Gasteiger partial charge >= 0.3 is 11.9 Å². The molecule has 4 N–H and O–H groups in total. The zero-order chi connectivity index (χ0) is 22.2. The number of carbonyl (C=O) groups is 4. The average Bonchev–Trinajstić information content (AvgIpc) is 3.08. The highest BCUT2D eigenvalue weighted by molar-refractivity contribution is 8.00. The van der Waals surface area contributed by atoms with E-state index in [1.165, 1.54) is 24.1 Å². The van der Waals surface area contributed by atoms with Gasteiger partial charge in [-0.3, -0.25) is 19.3 Å². The molecular weight excluding hydrogens is 479 g/mol. The highest BCUT2D eigenvalue weighted by Gasteiger charge is 2.54. The maximum atomic E-state index is 12.7. The first-order valence-electron chi connectivity index (χ1n) is 8.22. The molecule has 0 bridgehead atoms. The van der Waals surface area contributed by atoms with Crippen molar-refractivity contribution in [2.45, 2.75) is 18.3 Å². The number of aliphatic carboxylic acids is 1. The Bertz CT molecular complexity index is 1000. The maximum absolute atomic E-state index is 12.7. The number of nitrogen functional groups attached to an aromatic ring is 1. The molecule has 0 spiro atoms. The molecular formula is C16H14Cl2N4O6S2. The minimum absolute atomic E-state index is 0.150. The Morgan fingerprint density at radius 1 is 1.43 bits per heavy atom. The second-order valence-electron chi connectivity index (χ2n) is 6.10. The summed E-state index contributed by atoms with van der Waals surface area (Å²) in [5, 5.41) is 13.1. The van der Waals surface area contributed by atoms with Crippen LogP contribution in [0.15, 0.2) is 21.1 Å². The maximum Gasteiger partial charge on any atom is 0.352 e. The molecule has 1 saturated heterocycles. The van der Waals surface area contributed by atoms with Crippen molar-refractivity contribution in [2.75, 3.05) is 18.1 Å². The van der Waals surface area contributed by atoms with Gasteiger partial charge in [0.05, 0.1) is 11.3 Å². The number of halogens is 2. The first-order chi connectivity index (χ1) is 14.1. The summed E-state index contributed by atoms with van der Waals surface area (Å²) in [4.78, 5) is 53.1. The number of esters is 1. The predicted molar refractivity (Wildman–Crippen MR) is 111 cm³/mol. The van der Waals surface area contributed by atoms with Crippen LogP contribution >= 0.6 is 46.3 Å². The molecule has 1 unspecified atom stereocenters. The summed E-state index contributed by atoms with van der Waals surface area (Å²) in [7, 11) is 0. The lowest BCUT2D eigenvalue weighted by atomic mass is 10.0. The number of carboxylic acid groups (broad SMARTS) is 1. The van der Waals surface area contributed by atoms with E-state index in [1.54, 1.807) is 0 Å². The number of ether oxygens (including phenoxy) is 1. The molecule has 160 valence electrons. The van der Waals surface area contributed by atoms with Crippen LogP contribution in [0.5, 0.6) is 0 Å². The fraction of sp³-hybridized carbons (Fsp3) is 0.312. The SMILES string of the molecule is CC(=O)OCC1=C(C(=O)O)N2C(=O)C(NC(=O)C(=C(Cl)Cl)c3csc(N)n3)[C@@H]2SC1. The third-order valence-corrected chi connectivity index (χ3v) is 6.57. The standard InChI is InChI=1S/C16H14Cl2N4O6S2/c1-5(23)28-2-6-3-29-14-9(13(25)22(14)10(6)15(26)27)21-12(24)8(11(17)18)7-4-30-16(19)20-7/h4,9,14H,2-3H2,1H3,(H2,19,20)(H,21,24)(H,26,27)/t9?,14-/m0/s1. The van der Waals surface area contributed by atoms with Gasteiger partial charge in [-0.15, -0.1) is 23.1 Å². The van der Waals surface area contributed by atoms with E-state index in [4.69, 9.17) is 33.7 Å². The summed E-state index contributed by atoms with van der Waals surface area (Å²) in [6, 6.07) is -0.995. The third kappa shape index (κ3) is 4.26. The Morgan fingerprint density at radius 3 is 2.67 bits per heavy atom. The summed E-state index contributed by atoms with van der Waals surface area (Å²) in [5.74, 6) is -3.06. The number of amides is 2. The van der Waals surface area contributed by atoms with Crippen LogP contribution in [0.4, 0.5) is 5.13 Å². The molecule has 10 nitrogen and oxygen atoms in total. The number of thioether (sulfide) groups is 1. The van der Waals surface area contributed by atoms with Crippen LogP contribution < -0.4 is 11.1 Å². The molecule has 1 fully saturated rings. The Balaban J connectivity index is 1.79. The number of thiazole rings is 1. The van der Waals surface area contributed by atoms with Gasteiger partial charge in [0, 0.05) is 23.6 Å². The third-order valence-electron chi connectivity index (χ3n) is 4.18. The lowest BCUT2D eigenvalue weighted by Gasteiger charge is -2.49. The molecule has 14 heteroatoms. The first-order valence-corrected chi connectivity index (χ1v) is 10.9. The highest BCUT2D eigenvalue weighted by Crippen LogP contribution is 2.40. The number of anilines is 1. The molecule has 2 aliphatic rings. The highest BCUT2D eigenvalue weighted by atomic mass is 35.5. The lowest BCUT2D eigenvalue weighted by molar-refractivity contribution is -0.150. The van der Waals surface area contributed by atoms with Crippen LogP contribution in [0.2, 0.25) is 0 Å². The van der Waals surface area contributed by atoms with Crippen LogP contribution in [0.1, 0.15) is 12.6 Å². The van der Waals surface area contributed by atoms with Crippen molar-refractivity contribution in [1.82, 2.24) is 15.2 Å². The second-order valence-corrected chi connectivity index (χ2v) is 9.05. The van der Waals surface area contributed by atoms with E-state index in [0.29, 0.717) is 5.57 Å². The Morgan fingerprint density at radius 2 is 2.13 bits per heavy atom. The number of fused-ring (bicyclic) bond motifs is 1. The molecule has 1 aromatic rings. The summed E-state index contributed by atoms with van der Waals surface area (Å²) in [5.41, 5.74) is 5.62. The minimum Gasteiger partial charge on any atom is -0.477 e. The first kappa shape index (κ1) is 22.4. The number of nitrogens with two attached hydrogens (primary N) is 1. The monoisotopic (exact) mass is 492 g/mol. The lowest BCUT2D eigenvalue weighted by Crippen LogP contribution is -2.70. The van der Waals surface area contributed by atoms with Gasteiger partial charge in [-0.1, -0.05) is 23.2 Å². The molecule has 0 aliphatic carbocycles. The van der Waals surface area contributed by atoms with Gasteiger partial charge < -0.3 is 20.9 Å². The Kier molecular flexibility index (Phi) is 6.60. The molecule has 3 rings (SSSR count). The number of carboxylic acids is 1. The van der Waals surface area contributed by atoms with E-state index in [-0.39, 0.29) is 38.9 Å². The topological polar surface area (TPSA) is 152 Å². The van der Waals surface area contributed by atoms with Gasteiger partial charge in [-0.05, 0) is 0 Å². The smallest absolute Gasteiger partial charge is 0.352 e. The summed E-state index contributed by atoms with van der Waals surface area (Å²) < 4.78 is 4.52. The van der Waals surface area contributed by atoms with Crippen molar-refractivity contribution in [3.8, 4) is 0 Å². The van der Waals surface area contributed by atoms with Crippen molar-refractivity contribution in [1.29, 1.82) is 0 Å². The number of nitrogens with one attached hydrogen (secondary N) is 1. The fourth-order valence-corrected chi connectivity index (χ4v) is 5.14. The van der Waals surface area contributed by atoms with E-state index in [9.17, 15) is 24.3 Å². The van der Waals surface area contributed by atoms with E-state index in [2.05, 4.69) is 10.3 Å². The number of rotatable bonds is 6. The minimum atomic E-state index is -1.33. The molecule has 3 heterocycles. The second kappa shape index (κ2) is 8.84. The molecule has 30 heavy (non-hydrogen) atoms. The van der Waals surface area contributed by atoms with Crippen molar-refractivity contribution in [3.63, 3.8) is 0 Å². The van der Waals surface area contributed by atoms with Crippen LogP contribution in [-0.2, 0) is 23.9 Å². The van der Waals surface area contributed by atoms with Crippen molar-refractivity contribution < 1.29 is 29.0 Å². The number of carbonyl (C=O) groups excluding carboxylic acids is 3. The number of hydrogen-bond acceptors (Lipinski definition) is 9. The van der Waals surface area contributed by atoms with Gasteiger partial charge in [0.2, 0.25) is 0 Å². The van der Waals surface area contributed by atoms with Crippen molar-refractivity contribution >= 4 is 80.8 Å². The molecule has 0 saturated carbocycles. The van der Waals surface area contributed by atoms with Gasteiger partial charge in [0.15, 0.2) is 5.13 Å². The fourth-order valence-electron chi connectivity index (χ4n) is 2.90. The number of β-lactam (4-membered cyclic amide) rings is 1. The summed E-state index contributed by atoms with van der Waals surface area (Å²) in [6.45, 7) is 0.959. The van der Waals surface area contributed by atoms with E-state index < -0.39 is 35.2 Å². The molecule has 2 amide bonds. The van der Waals surface area contributed by atoms with Crippen LogP contribution in [0.25, 0.3) is 5.57 Å². The normalized spacial score (nSPS) is 20.2. The molecule has 2 aliphatic heterocycles. The van der Waals surface area contributed by atoms with E-state index >= 15 is 0 Å². The summed E-state index contributed by atoms with van der Waals surface area (Å²) >= 11 is 14.0. The van der Waals surface area contributed by atoms with E-state index in [1.807, 2.05) is 0 Å². The molecule has 2 atom stereocenters. The number of aromatic nitrogens is 1. The quantitative estimate of drug-likeness (QED) is 0.301. The van der Waals surface area contributed by atoms with Crippen molar-refractivity contribution in [3.05, 3.63) is 26.8 Å². The largest absolute Gasteiger partial charge is 0.477 e. The van der Waals surface area contributed by atoms with Gasteiger partial charge in [0.25, 0.3) is 11.8 Å². The number of nitrogens with zero attached hydrogens (tertiary/aromatic N) is 2. The van der Waals surface area contributed by atoms with Crippen LogP contribution in [0, 0.1) is 0 Å². The molecule has 0 radical (unpaired) electrons. The molecule has 1 aromatic heterocycles. The van der Waals surface area contributed by atoms with Gasteiger partial charge in [-0.2, -0.15) is 0 Å². The Labute approximate surface area is 188 Å². The average molecular weight is 493 g/mol. The zero-order valence-corrected chi connectivity index (χ0v) is 18.3. The van der Waals surface area contributed by atoms with Gasteiger partial charge in [0.1, 0.15) is 28.2 Å². The van der Waals surface area contributed by atoms with Crippen LogP contribution in [-0.4, -0.2) is 62.5 Å². The Hall–Kier alpha value is -2.28. The summed E-state index contributed by atoms with van der Waals surface area (Å²) in [6.07, 6.45) is 0.